The van der Waals surface area contributed by atoms with Crippen LogP contribution in [0.15, 0.2) is 47.8 Å². The summed E-state index contributed by atoms with van der Waals surface area (Å²) >= 11 is 1.77. The highest BCUT2D eigenvalue weighted by Gasteiger charge is 2.21. The average molecular weight is 305 g/mol. The molecule has 0 amide bonds. The molecule has 2 N–H and O–H groups in total. The molecule has 0 aliphatic rings. The summed E-state index contributed by atoms with van der Waals surface area (Å²) in [5.74, 6) is 0.787. The van der Waals surface area contributed by atoms with Crippen LogP contribution in [0, 0.1) is 0 Å². The second-order valence-corrected chi connectivity index (χ2v) is 6.72. The summed E-state index contributed by atoms with van der Waals surface area (Å²) in [6, 6.07) is 13.8. The summed E-state index contributed by atoms with van der Waals surface area (Å²) in [6.07, 6.45) is -0.510. The Kier molecular flexibility index (Phi) is 5.79. The molecule has 1 heterocycles. The Morgan fingerprint density at radius 3 is 2.62 bits per heavy atom. The molecular weight excluding hydrogens is 282 g/mol. The van der Waals surface area contributed by atoms with E-state index in [0.29, 0.717) is 13.2 Å². The molecule has 0 saturated carbocycles. The molecule has 3 nitrogen and oxygen atoms in total. The third-order valence-electron chi connectivity index (χ3n) is 3.32. The van der Waals surface area contributed by atoms with Crippen LogP contribution >= 0.6 is 11.3 Å². The van der Waals surface area contributed by atoms with E-state index in [1.165, 1.54) is 4.88 Å². The van der Waals surface area contributed by atoms with Crippen LogP contribution < -0.4 is 10.1 Å². The number of hydrogen-bond donors (Lipinski definition) is 2. The van der Waals surface area contributed by atoms with E-state index in [1.807, 2.05) is 30.3 Å². The lowest BCUT2D eigenvalue weighted by Gasteiger charge is -2.24. The van der Waals surface area contributed by atoms with E-state index in [4.69, 9.17) is 4.74 Å². The van der Waals surface area contributed by atoms with E-state index in [9.17, 15) is 5.11 Å². The second kappa shape index (κ2) is 7.59. The largest absolute Gasteiger partial charge is 0.491 e. The van der Waals surface area contributed by atoms with Crippen molar-refractivity contribution in [1.82, 2.24) is 5.32 Å². The standard InChI is InChI=1S/C17H23NO2S/c1-17(2,16-9-6-10-21-16)13-18-11-14(19)12-20-15-7-4-3-5-8-15/h3-10,14,18-19H,11-13H2,1-2H3. The average Bonchev–Trinajstić information content (AvgIpc) is 3.01. The van der Waals surface area contributed by atoms with Gasteiger partial charge in [0.2, 0.25) is 0 Å². The molecule has 4 heteroatoms. The number of rotatable bonds is 8. The molecule has 0 aliphatic heterocycles. The molecule has 1 aromatic carbocycles. The van der Waals surface area contributed by atoms with Crippen LogP contribution in [0.25, 0.3) is 0 Å². The van der Waals surface area contributed by atoms with Gasteiger partial charge < -0.3 is 15.2 Å². The number of nitrogens with one attached hydrogen (secondary N) is 1. The summed E-state index contributed by atoms with van der Waals surface area (Å²) in [4.78, 5) is 1.35. The van der Waals surface area contributed by atoms with Gasteiger partial charge in [-0.05, 0) is 23.6 Å². The van der Waals surface area contributed by atoms with Crippen molar-refractivity contribution in [3.63, 3.8) is 0 Å². The van der Waals surface area contributed by atoms with Crippen LogP contribution in [0.4, 0.5) is 0 Å². The third-order valence-corrected chi connectivity index (χ3v) is 4.56. The lowest BCUT2D eigenvalue weighted by Crippen LogP contribution is -2.38. The molecule has 1 atom stereocenters. The van der Waals surface area contributed by atoms with Gasteiger partial charge in [-0.3, -0.25) is 0 Å². The number of benzene rings is 1. The van der Waals surface area contributed by atoms with E-state index >= 15 is 0 Å². The topological polar surface area (TPSA) is 41.5 Å². The first-order chi connectivity index (χ1) is 10.1. The van der Waals surface area contributed by atoms with Gasteiger partial charge in [-0.25, -0.2) is 0 Å². The van der Waals surface area contributed by atoms with Gasteiger partial charge in [0.25, 0.3) is 0 Å². The zero-order valence-corrected chi connectivity index (χ0v) is 13.4. The Balaban J connectivity index is 1.68. The van der Waals surface area contributed by atoms with Crippen molar-refractivity contribution in [3.8, 4) is 5.75 Å². The fraction of sp³-hybridized carbons (Fsp3) is 0.412. The van der Waals surface area contributed by atoms with Crippen LogP contribution in [-0.2, 0) is 5.41 Å². The molecule has 2 rings (SSSR count). The molecule has 0 radical (unpaired) electrons. The van der Waals surface area contributed by atoms with Crippen LogP contribution in [0.5, 0.6) is 5.75 Å². The van der Waals surface area contributed by atoms with Crippen LogP contribution in [-0.4, -0.2) is 30.9 Å². The molecule has 2 aromatic rings. The van der Waals surface area contributed by atoms with Crippen molar-refractivity contribution in [2.24, 2.45) is 0 Å². The van der Waals surface area contributed by atoms with E-state index in [2.05, 4.69) is 36.7 Å². The quantitative estimate of drug-likeness (QED) is 0.787. The Morgan fingerprint density at radius 2 is 1.95 bits per heavy atom. The minimum absolute atomic E-state index is 0.0776. The first-order valence-corrected chi connectivity index (χ1v) is 8.06. The molecule has 0 fully saturated rings. The second-order valence-electron chi connectivity index (χ2n) is 5.77. The lowest BCUT2D eigenvalue weighted by molar-refractivity contribution is 0.105. The summed E-state index contributed by atoms with van der Waals surface area (Å²) in [5, 5.41) is 15.4. The minimum atomic E-state index is -0.510. The normalized spacial score (nSPS) is 13.1. The van der Waals surface area contributed by atoms with Crippen molar-refractivity contribution in [1.29, 1.82) is 0 Å². The Labute approximate surface area is 130 Å². The molecule has 21 heavy (non-hydrogen) atoms. The first kappa shape index (κ1) is 16.0. The van der Waals surface area contributed by atoms with E-state index in [0.717, 1.165) is 12.3 Å². The van der Waals surface area contributed by atoms with Crippen molar-refractivity contribution in [2.75, 3.05) is 19.7 Å². The Bertz CT molecular complexity index is 511. The maximum atomic E-state index is 9.95. The SMILES string of the molecule is CC(C)(CNCC(O)COc1ccccc1)c1cccs1. The summed E-state index contributed by atoms with van der Waals surface area (Å²) in [6.45, 7) is 6.07. The highest BCUT2D eigenvalue weighted by molar-refractivity contribution is 7.10. The lowest BCUT2D eigenvalue weighted by atomic mass is 9.91. The van der Waals surface area contributed by atoms with Crippen molar-refractivity contribution in [3.05, 3.63) is 52.7 Å². The predicted molar refractivity (Wildman–Crippen MR) is 88.2 cm³/mol. The number of hydrogen-bond acceptors (Lipinski definition) is 4. The zero-order chi connectivity index (χ0) is 15.1. The molecule has 0 spiro atoms. The minimum Gasteiger partial charge on any atom is -0.491 e. The molecule has 0 aliphatic carbocycles. The zero-order valence-electron chi connectivity index (χ0n) is 12.6. The van der Waals surface area contributed by atoms with Gasteiger partial charge in [-0.1, -0.05) is 38.1 Å². The molecule has 0 bridgehead atoms. The van der Waals surface area contributed by atoms with Gasteiger partial charge in [-0.2, -0.15) is 0 Å². The summed E-state index contributed by atoms with van der Waals surface area (Å²) in [7, 11) is 0. The maximum absolute atomic E-state index is 9.95. The van der Waals surface area contributed by atoms with Gasteiger partial charge in [0.05, 0.1) is 0 Å². The predicted octanol–water partition coefficient (Wildman–Crippen LogP) is 3.06. The highest BCUT2D eigenvalue weighted by Crippen LogP contribution is 2.26. The number of thiophene rings is 1. The van der Waals surface area contributed by atoms with E-state index in [-0.39, 0.29) is 5.41 Å². The number of ether oxygens (including phenoxy) is 1. The fourth-order valence-electron chi connectivity index (χ4n) is 2.07. The fourth-order valence-corrected chi connectivity index (χ4v) is 2.92. The third kappa shape index (κ3) is 5.16. The monoisotopic (exact) mass is 305 g/mol. The van der Waals surface area contributed by atoms with E-state index < -0.39 is 6.10 Å². The van der Waals surface area contributed by atoms with Crippen LogP contribution in [0.2, 0.25) is 0 Å². The van der Waals surface area contributed by atoms with Gasteiger partial charge in [0, 0.05) is 23.4 Å². The maximum Gasteiger partial charge on any atom is 0.119 e. The molecule has 0 saturated heterocycles. The summed E-state index contributed by atoms with van der Waals surface area (Å²) in [5.41, 5.74) is 0.0776. The summed E-state index contributed by atoms with van der Waals surface area (Å²) < 4.78 is 5.53. The number of para-hydroxylation sites is 1. The molecule has 1 unspecified atom stereocenters. The van der Waals surface area contributed by atoms with Crippen LogP contribution in [0.3, 0.4) is 0 Å². The Hall–Kier alpha value is -1.36. The van der Waals surface area contributed by atoms with Crippen molar-refractivity contribution in [2.45, 2.75) is 25.4 Å². The van der Waals surface area contributed by atoms with Crippen LogP contribution in [0.1, 0.15) is 18.7 Å². The highest BCUT2D eigenvalue weighted by atomic mass is 32.1. The van der Waals surface area contributed by atoms with Gasteiger partial charge in [0.15, 0.2) is 0 Å². The first-order valence-electron chi connectivity index (χ1n) is 7.18. The molecular formula is C17H23NO2S. The van der Waals surface area contributed by atoms with Crippen molar-refractivity contribution >= 4 is 11.3 Å². The molecule has 1 aromatic heterocycles. The van der Waals surface area contributed by atoms with Gasteiger partial charge >= 0.3 is 0 Å². The van der Waals surface area contributed by atoms with Gasteiger partial charge in [-0.15, -0.1) is 11.3 Å². The Morgan fingerprint density at radius 1 is 1.19 bits per heavy atom. The van der Waals surface area contributed by atoms with Crippen molar-refractivity contribution < 1.29 is 9.84 Å². The number of aliphatic hydroxyl groups excluding tert-OH is 1. The molecule has 114 valence electrons. The number of aliphatic hydroxyl groups is 1. The van der Waals surface area contributed by atoms with E-state index in [1.54, 1.807) is 11.3 Å². The van der Waals surface area contributed by atoms with Gasteiger partial charge in [0.1, 0.15) is 18.5 Å². The smallest absolute Gasteiger partial charge is 0.119 e.